The third kappa shape index (κ3) is 4.83. The van der Waals surface area contributed by atoms with Gasteiger partial charge in [0, 0.05) is 12.1 Å². The summed E-state index contributed by atoms with van der Waals surface area (Å²) >= 11 is 0. The molecule has 40 heavy (non-hydrogen) atoms. The van der Waals surface area contributed by atoms with Gasteiger partial charge in [-0.3, -0.25) is 9.59 Å². The molecule has 2 aromatic rings. The highest BCUT2D eigenvalue weighted by molar-refractivity contribution is 7.92. The molecule has 2 aliphatic carbocycles. The van der Waals surface area contributed by atoms with Crippen molar-refractivity contribution in [2.24, 2.45) is 5.41 Å². The van der Waals surface area contributed by atoms with Gasteiger partial charge in [-0.2, -0.15) is 31.4 Å². The molecule has 5 rings (SSSR count). The van der Waals surface area contributed by atoms with Gasteiger partial charge in [0.1, 0.15) is 23.6 Å². The quantitative estimate of drug-likeness (QED) is 0.514. The lowest BCUT2D eigenvalue weighted by molar-refractivity contribution is -0.199. The van der Waals surface area contributed by atoms with Gasteiger partial charge in [-0.15, -0.1) is 0 Å². The summed E-state index contributed by atoms with van der Waals surface area (Å²) in [6, 6.07) is 0.832. The molecule has 1 saturated heterocycles. The van der Waals surface area contributed by atoms with Crippen molar-refractivity contribution in [2.45, 2.75) is 80.0 Å². The molecular weight excluding hydrogens is 568 g/mol. The second kappa shape index (κ2) is 8.91. The average Bonchev–Trinajstić information content (AvgIpc) is 3.71. The van der Waals surface area contributed by atoms with Crippen molar-refractivity contribution < 1.29 is 44.3 Å². The molecule has 2 atom stereocenters. The van der Waals surface area contributed by atoms with Crippen molar-refractivity contribution >= 4 is 21.7 Å². The second-order valence-electron chi connectivity index (χ2n) is 10.9. The number of benzene rings is 1. The maximum Gasteiger partial charge on any atom is 0.417 e. The molecule has 1 aromatic heterocycles. The number of carbonyl (C=O) groups is 2. The molecule has 16 heteroatoms. The molecule has 1 aliphatic heterocycles. The number of rotatable bonds is 6. The van der Waals surface area contributed by atoms with Crippen LogP contribution in [0.3, 0.4) is 0 Å². The van der Waals surface area contributed by atoms with Gasteiger partial charge < -0.3 is 10.2 Å². The Hall–Kier alpha value is -3.17. The number of halogens is 6. The minimum atomic E-state index is -5.13. The van der Waals surface area contributed by atoms with Crippen LogP contribution in [0.2, 0.25) is 0 Å². The van der Waals surface area contributed by atoms with E-state index in [2.05, 4.69) is 15.4 Å². The zero-order valence-electron chi connectivity index (χ0n) is 21.3. The number of hydrogen-bond acceptors (Lipinski definition) is 6. The lowest BCUT2D eigenvalue weighted by Gasteiger charge is -2.30. The fraction of sp³-hybridized carbons (Fsp3) is 0.583. The van der Waals surface area contributed by atoms with Crippen molar-refractivity contribution in [3.63, 3.8) is 0 Å². The number of hydrogen-bond donors (Lipinski definition) is 1. The molecule has 2 saturated carbocycles. The fourth-order valence-corrected chi connectivity index (χ4v) is 6.88. The van der Waals surface area contributed by atoms with Crippen molar-refractivity contribution in [3.8, 4) is 5.69 Å². The van der Waals surface area contributed by atoms with Crippen LogP contribution in [0.1, 0.15) is 50.4 Å². The highest BCUT2D eigenvalue weighted by atomic mass is 32.2. The molecule has 1 N–H and O–H groups in total. The van der Waals surface area contributed by atoms with Gasteiger partial charge in [0.05, 0.1) is 21.4 Å². The molecule has 3 aliphatic rings. The van der Waals surface area contributed by atoms with E-state index in [0.29, 0.717) is 23.8 Å². The van der Waals surface area contributed by atoms with E-state index in [9.17, 15) is 44.3 Å². The lowest BCUT2D eigenvalue weighted by atomic mass is 10.0. The van der Waals surface area contributed by atoms with Gasteiger partial charge in [-0.05, 0) is 64.2 Å². The summed E-state index contributed by atoms with van der Waals surface area (Å²) < 4.78 is 112. The molecule has 0 bridgehead atoms. The van der Waals surface area contributed by atoms with Crippen molar-refractivity contribution in [1.29, 1.82) is 0 Å². The molecule has 1 aromatic carbocycles. The maximum absolute atomic E-state index is 14.1. The number of alkyl halides is 6. The topological polar surface area (TPSA) is 114 Å². The second-order valence-corrected chi connectivity index (χ2v) is 13.1. The predicted octanol–water partition coefficient (Wildman–Crippen LogP) is 3.35. The summed E-state index contributed by atoms with van der Waals surface area (Å²) in [5.74, 6) is -2.01. The van der Waals surface area contributed by atoms with E-state index in [4.69, 9.17) is 0 Å². The number of nitrogens with one attached hydrogen (secondary N) is 1. The van der Waals surface area contributed by atoms with E-state index in [1.54, 1.807) is 6.92 Å². The third-order valence-corrected chi connectivity index (χ3v) is 10.0. The molecule has 9 nitrogen and oxygen atoms in total. The lowest BCUT2D eigenvalue weighted by Crippen LogP contribution is -2.52. The number of amides is 2. The molecule has 0 unspecified atom stereocenters. The van der Waals surface area contributed by atoms with E-state index >= 15 is 0 Å². The summed E-state index contributed by atoms with van der Waals surface area (Å²) in [5.41, 5.74) is -5.00. The molecular formula is C24H25F6N5O4S. The van der Waals surface area contributed by atoms with Crippen LogP contribution in [-0.4, -0.2) is 69.4 Å². The zero-order valence-corrected chi connectivity index (χ0v) is 22.1. The van der Waals surface area contributed by atoms with Gasteiger partial charge in [-0.1, -0.05) is 0 Å². The van der Waals surface area contributed by atoms with Gasteiger partial charge >= 0.3 is 12.4 Å². The van der Waals surface area contributed by atoms with Gasteiger partial charge in [0.25, 0.3) is 0 Å². The highest BCUT2D eigenvalue weighted by Gasteiger charge is 2.70. The van der Waals surface area contributed by atoms with E-state index < -0.39 is 92.5 Å². The molecule has 0 radical (unpaired) electrons. The van der Waals surface area contributed by atoms with Crippen molar-refractivity contribution in [2.75, 3.05) is 6.54 Å². The minimum Gasteiger partial charge on any atom is -0.349 e. The molecule has 218 valence electrons. The normalized spacial score (nSPS) is 23.6. The summed E-state index contributed by atoms with van der Waals surface area (Å²) in [6.07, 6.45) is -9.42. The minimum absolute atomic E-state index is 0.120. The first-order valence-corrected chi connectivity index (χ1v) is 14.0. The van der Waals surface area contributed by atoms with E-state index in [-0.39, 0.29) is 11.5 Å². The van der Waals surface area contributed by atoms with Gasteiger partial charge in [0.15, 0.2) is 9.84 Å². The van der Waals surface area contributed by atoms with E-state index in [1.165, 1.54) is 6.92 Å². The first kappa shape index (κ1) is 28.4. The number of nitrogens with zero attached hydrogens (tertiary/aromatic N) is 4. The Morgan fingerprint density at radius 2 is 1.73 bits per heavy atom. The molecule has 2 heterocycles. The first-order valence-electron chi connectivity index (χ1n) is 12.4. The fourth-order valence-electron chi connectivity index (χ4n) is 4.99. The third-order valence-electron chi connectivity index (χ3n) is 7.84. The van der Waals surface area contributed by atoms with Crippen LogP contribution in [0, 0.1) is 12.3 Å². The maximum atomic E-state index is 14.1. The molecule has 0 spiro atoms. The van der Waals surface area contributed by atoms with Crippen LogP contribution < -0.4 is 5.32 Å². The Morgan fingerprint density at radius 3 is 2.23 bits per heavy atom. The number of carbonyl (C=O) groups excluding carboxylic acids is 2. The Labute approximate surface area is 224 Å². The smallest absolute Gasteiger partial charge is 0.349 e. The Kier molecular flexibility index (Phi) is 6.32. The Morgan fingerprint density at radius 1 is 1.07 bits per heavy atom. The zero-order chi connectivity index (χ0) is 29.5. The van der Waals surface area contributed by atoms with Gasteiger partial charge in [0.2, 0.25) is 11.8 Å². The van der Waals surface area contributed by atoms with E-state index in [1.807, 2.05) is 0 Å². The van der Waals surface area contributed by atoms with Crippen LogP contribution in [0.15, 0.2) is 29.4 Å². The first-order chi connectivity index (χ1) is 18.4. The summed E-state index contributed by atoms with van der Waals surface area (Å²) in [4.78, 5) is 29.5. The van der Waals surface area contributed by atoms with Crippen molar-refractivity contribution in [1.82, 2.24) is 25.0 Å². The Bertz CT molecular complexity index is 1480. The molecule has 3 fully saturated rings. The number of aromatic nitrogens is 3. The monoisotopic (exact) mass is 593 g/mol. The van der Waals surface area contributed by atoms with Gasteiger partial charge in [-0.25, -0.2) is 18.1 Å². The van der Waals surface area contributed by atoms with Crippen LogP contribution in [0.5, 0.6) is 0 Å². The summed E-state index contributed by atoms with van der Waals surface area (Å²) in [7, 11) is -4.89. The largest absolute Gasteiger partial charge is 0.417 e. The van der Waals surface area contributed by atoms with Crippen LogP contribution in [-0.2, 0) is 25.6 Å². The summed E-state index contributed by atoms with van der Waals surface area (Å²) in [6.45, 7) is 2.34. The number of aryl methyl sites for hydroxylation is 1. The van der Waals surface area contributed by atoms with Crippen LogP contribution >= 0.6 is 0 Å². The highest BCUT2D eigenvalue weighted by Crippen LogP contribution is 2.59. The number of sulfone groups is 1. The number of likely N-dealkylation sites (tertiary alicyclic amines) is 1. The Balaban J connectivity index is 1.52. The predicted molar refractivity (Wildman–Crippen MR) is 126 cm³/mol. The average molecular weight is 594 g/mol. The SMILES string of the molecule is Cc1ncn(-c2ccc(S(=O)(=O)[C@@H]3C[C@@H](C(=O)NC4(C)CC4)N(C(=O)C4(C(F)(F)F)CC4)C3)c(C(F)(F)F)c2)n1. The van der Waals surface area contributed by atoms with Crippen LogP contribution in [0.4, 0.5) is 26.3 Å². The van der Waals surface area contributed by atoms with Crippen LogP contribution in [0.25, 0.3) is 5.69 Å². The van der Waals surface area contributed by atoms with E-state index in [0.717, 1.165) is 23.1 Å². The standard InChI is InChI=1S/C24H25F6N5O4S/c1-13-31-12-35(33-13)14-3-4-18(16(9-14)23(25,26)27)40(38,39)15-10-17(19(36)32-21(2)5-6-21)34(11-15)20(37)22(7-8-22)24(28,29)30/h3-4,9,12,15,17H,5-8,10-11H2,1-2H3,(H,32,36)/t15-,17+/m1/s1. The molecule has 2 amide bonds. The van der Waals surface area contributed by atoms with Crippen molar-refractivity contribution in [3.05, 3.63) is 35.9 Å². The summed E-state index contributed by atoms with van der Waals surface area (Å²) in [5, 5.41) is 4.81.